The van der Waals surface area contributed by atoms with E-state index in [9.17, 15) is 13.2 Å². The van der Waals surface area contributed by atoms with Gasteiger partial charge >= 0.3 is 6.36 Å². The summed E-state index contributed by atoms with van der Waals surface area (Å²) in [6, 6.07) is 5.27. The van der Waals surface area contributed by atoms with Crippen LogP contribution in [0.15, 0.2) is 29.3 Å². The molecule has 130 valence electrons. The first kappa shape index (κ1) is 19.8. The molecular weight excluding hydrogens is 426 g/mol. The maximum atomic E-state index is 12.0. The number of benzene rings is 1. The molecule has 0 amide bonds. The Labute approximate surface area is 149 Å². The van der Waals surface area contributed by atoms with E-state index in [-0.39, 0.29) is 41.8 Å². The molecule has 1 heterocycles. The van der Waals surface area contributed by atoms with Crippen LogP contribution >= 0.6 is 24.0 Å². The van der Waals surface area contributed by atoms with E-state index >= 15 is 0 Å². The number of nitrogens with two attached hydrogens (primary N) is 1. The SMILES string of the molecule is I.NC(=NCC1CCCCO1)Nc1ccc(OC(F)(F)F)cc1. The highest BCUT2D eigenvalue weighted by atomic mass is 127. The molecule has 1 fully saturated rings. The number of anilines is 1. The van der Waals surface area contributed by atoms with Gasteiger partial charge in [0.15, 0.2) is 5.96 Å². The number of guanidine groups is 1. The first-order valence-electron chi connectivity index (χ1n) is 6.97. The number of nitrogens with one attached hydrogen (secondary N) is 1. The Bertz CT molecular complexity index is 503. The molecule has 0 spiro atoms. The molecular formula is C14H19F3IN3O2. The molecule has 0 aromatic heterocycles. The Kier molecular flexibility index (Phi) is 7.89. The van der Waals surface area contributed by atoms with E-state index in [4.69, 9.17) is 10.5 Å². The van der Waals surface area contributed by atoms with Crippen molar-refractivity contribution < 1.29 is 22.6 Å². The number of hydrogen-bond donors (Lipinski definition) is 2. The lowest BCUT2D eigenvalue weighted by Crippen LogP contribution is -2.27. The van der Waals surface area contributed by atoms with Crippen molar-refractivity contribution in [2.24, 2.45) is 10.7 Å². The third-order valence-electron chi connectivity index (χ3n) is 3.10. The van der Waals surface area contributed by atoms with E-state index in [1.54, 1.807) is 0 Å². The number of ether oxygens (including phenoxy) is 2. The Hall–Kier alpha value is -1.23. The average Bonchev–Trinajstić information content (AvgIpc) is 2.47. The summed E-state index contributed by atoms with van der Waals surface area (Å²) in [7, 11) is 0. The van der Waals surface area contributed by atoms with Crippen LogP contribution < -0.4 is 15.8 Å². The predicted molar refractivity (Wildman–Crippen MR) is 92.2 cm³/mol. The maximum Gasteiger partial charge on any atom is 0.573 e. The summed E-state index contributed by atoms with van der Waals surface area (Å²) >= 11 is 0. The summed E-state index contributed by atoms with van der Waals surface area (Å²) in [6.45, 7) is 1.21. The number of halogens is 4. The number of hydrogen-bond acceptors (Lipinski definition) is 3. The van der Waals surface area contributed by atoms with Gasteiger partial charge < -0.3 is 20.5 Å². The molecule has 1 aromatic carbocycles. The normalized spacial score (nSPS) is 18.9. The summed E-state index contributed by atoms with van der Waals surface area (Å²) in [6.07, 6.45) is -1.47. The van der Waals surface area contributed by atoms with E-state index in [0.717, 1.165) is 25.9 Å². The van der Waals surface area contributed by atoms with Crippen LogP contribution in [0.1, 0.15) is 19.3 Å². The first-order chi connectivity index (χ1) is 10.4. The lowest BCUT2D eigenvalue weighted by molar-refractivity contribution is -0.274. The summed E-state index contributed by atoms with van der Waals surface area (Å²) in [4.78, 5) is 4.17. The smallest absolute Gasteiger partial charge is 0.406 e. The third kappa shape index (κ3) is 7.73. The highest BCUT2D eigenvalue weighted by Gasteiger charge is 2.30. The molecule has 23 heavy (non-hydrogen) atoms. The standard InChI is InChI=1S/C14H18F3N3O2.HI/c15-14(16,17)22-11-6-4-10(5-7-11)20-13(18)19-9-12-3-1-2-8-21-12;/h4-7,12H,1-3,8-9H2,(H3,18,19,20);1H. The van der Waals surface area contributed by atoms with E-state index in [0.29, 0.717) is 12.2 Å². The van der Waals surface area contributed by atoms with Crippen molar-refractivity contribution in [1.82, 2.24) is 0 Å². The molecule has 1 aliphatic heterocycles. The maximum absolute atomic E-state index is 12.0. The summed E-state index contributed by atoms with van der Waals surface area (Å²) < 4.78 is 45.4. The second-order valence-electron chi connectivity index (χ2n) is 4.91. The van der Waals surface area contributed by atoms with Crippen LogP contribution in [0, 0.1) is 0 Å². The van der Waals surface area contributed by atoms with E-state index < -0.39 is 6.36 Å². The zero-order valence-electron chi connectivity index (χ0n) is 12.3. The predicted octanol–water partition coefficient (Wildman–Crippen LogP) is 3.50. The Morgan fingerprint density at radius 2 is 2.00 bits per heavy atom. The zero-order valence-corrected chi connectivity index (χ0v) is 14.6. The van der Waals surface area contributed by atoms with Crippen LogP contribution in [0.4, 0.5) is 18.9 Å². The van der Waals surface area contributed by atoms with Gasteiger partial charge in [0.05, 0.1) is 12.6 Å². The lowest BCUT2D eigenvalue weighted by atomic mass is 10.1. The largest absolute Gasteiger partial charge is 0.573 e. The van der Waals surface area contributed by atoms with Gasteiger partial charge in [-0.25, -0.2) is 0 Å². The van der Waals surface area contributed by atoms with Crippen molar-refractivity contribution in [1.29, 1.82) is 0 Å². The number of alkyl halides is 3. The van der Waals surface area contributed by atoms with Crippen molar-refractivity contribution in [2.45, 2.75) is 31.7 Å². The fraction of sp³-hybridized carbons (Fsp3) is 0.500. The summed E-state index contributed by atoms with van der Waals surface area (Å²) in [5, 5.41) is 2.81. The molecule has 5 nitrogen and oxygen atoms in total. The van der Waals surface area contributed by atoms with Crippen molar-refractivity contribution in [3.63, 3.8) is 0 Å². The van der Waals surface area contributed by atoms with E-state index in [1.807, 2.05) is 0 Å². The minimum Gasteiger partial charge on any atom is -0.406 e. The van der Waals surface area contributed by atoms with Gasteiger partial charge in [-0.2, -0.15) is 0 Å². The quantitative estimate of drug-likeness (QED) is 0.423. The van der Waals surface area contributed by atoms with Gasteiger partial charge in [-0.15, -0.1) is 37.1 Å². The molecule has 1 saturated heterocycles. The molecule has 9 heteroatoms. The lowest BCUT2D eigenvalue weighted by Gasteiger charge is -2.20. The molecule has 1 atom stereocenters. The van der Waals surface area contributed by atoms with Crippen LogP contribution in [0.25, 0.3) is 0 Å². The summed E-state index contributed by atoms with van der Waals surface area (Å²) in [5.41, 5.74) is 6.26. The van der Waals surface area contributed by atoms with Crippen LogP contribution in [0.2, 0.25) is 0 Å². The monoisotopic (exact) mass is 445 g/mol. The van der Waals surface area contributed by atoms with Gasteiger partial charge in [-0.3, -0.25) is 4.99 Å². The molecule has 0 bridgehead atoms. The van der Waals surface area contributed by atoms with Crippen molar-refractivity contribution in [3.8, 4) is 5.75 Å². The summed E-state index contributed by atoms with van der Waals surface area (Å²) in [5.74, 6) is -0.0946. The average molecular weight is 445 g/mol. The molecule has 0 radical (unpaired) electrons. The van der Waals surface area contributed by atoms with Gasteiger partial charge in [0.1, 0.15) is 5.75 Å². The van der Waals surface area contributed by atoms with E-state index in [2.05, 4.69) is 15.0 Å². The number of nitrogens with zero attached hydrogens (tertiary/aromatic N) is 1. The second-order valence-corrected chi connectivity index (χ2v) is 4.91. The molecule has 1 aromatic rings. The van der Waals surface area contributed by atoms with Crippen molar-refractivity contribution >= 4 is 35.6 Å². The highest BCUT2D eigenvalue weighted by Crippen LogP contribution is 2.23. The first-order valence-corrected chi connectivity index (χ1v) is 6.97. The minimum absolute atomic E-state index is 0. The van der Waals surface area contributed by atoms with Gasteiger partial charge in [0.2, 0.25) is 0 Å². The fourth-order valence-electron chi connectivity index (χ4n) is 2.08. The molecule has 1 aliphatic rings. The Balaban J connectivity index is 0.00000264. The Morgan fingerprint density at radius 3 is 2.57 bits per heavy atom. The van der Waals surface area contributed by atoms with Gasteiger partial charge in [0, 0.05) is 12.3 Å². The van der Waals surface area contributed by atoms with Crippen LogP contribution in [0.3, 0.4) is 0 Å². The molecule has 0 aliphatic carbocycles. The second kappa shape index (κ2) is 9.16. The Morgan fingerprint density at radius 1 is 1.30 bits per heavy atom. The molecule has 3 N–H and O–H groups in total. The van der Waals surface area contributed by atoms with Crippen LogP contribution in [-0.4, -0.2) is 31.6 Å². The molecule has 1 unspecified atom stereocenters. The molecule has 2 rings (SSSR count). The van der Waals surface area contributed by atoms with E-state index in [1.165, 1.54) is 24.3 Å². The van der Waals surface area contributed by atoms with Crippen molar-refractivity contribution in [3.05, 3.63) is 24.3 Å². The number of aliphatic imine (C=N–C) groups is 1. The van der Waals surface area contributed by atoms with Crippen molar-refractivity contribution in [2.75, 3.05) is 18.5 Å². The molecule has 0 saturated carbocycles. The third-order valence-corrected chi connectivity index (χ3v) is 3.10. The number of rotatable bonds is 4. The topological polar surface area (TPSA) is 68.9 Å². The van der Waals surface area contributed by atoms with Gasteiger partial charge in [0.25, 0.3) is 0 Å². The fourth-order valence-corrected chi connectivity index (χ4v) is 2.08. The van der Waals surface area contributed by atoms with Gasteiger partial charge in [-0.1, -0.05) is 0 Å². The minimum atomic E-state index is -4.70. The highest BCUT2D eigenvalue weighted by molar-refractivity contribution is 14.0. The van der Waals surface area contributed by atoms with Gasteiger partial charge in [-0.05, 0) is 43.5 Å². The van der Waals surface area contributed by atoms with Crippen LogP contribution in [-0.2, 0) is 4.74 Å². The van der Waals surface area contributed by atoms with Crippen LogP contribution in [0.5, 0.6) is 5.75 Å². The zero-order chi connectivity index (χ0) is 16.0.